The van der Waals surface area contributed by atoms with Crippen molar-refractivity contribution in [2.45, 2.75) is 32.1 Å². The Balaban J connectivity index is 2.16. The van der Waals surface area contributed by atoms with Crippen LogP contribution in [-0.2, 0) is 14.6 Å². The van der Waals surface area contributed by atoms with Gasteiger partial charge in [0, 0.05) is 37.8 Å². The van der Waals surface area contributed by atoms with Gasteiger partial charge in [0.15, 0.2) is 9.84 Å². The van der Waals surface area contributed by atoms with E-state index in [9.17, 15) is 17.6 Å². The molecule has 1 fully saturated rings. The Kier molecular flexibility index (Phi) is 5.22. The van der Waals surface area contributed by atoms with Gasteiger partial charge in [0.1, 0.15) is 5.82 Å². The van der Waals surface area contributed by atoms with Crippen molar-refractivity contribution in [1.29, 1.82) is 0 Å². The quantitative estimate of drug-likeness (QED) is 0.816. The summed E-state index contributed by atoms with van der Waals surface area (Å²) < 4.78 is 37.4. The molecular weight excluding hydrogens is 331 g/mol. The molecule has 1 aromatic rings. The largest absolute Gasteiger partial charge is 0.367 e. The third kappa shape index (κ3) is 4.26. The second-order valence-corrected chi connectivity index (χ2v) is 9.28. The monoisotopic (exact) mass is 356 g/mol. The topological polar surface area (TPSA) is 57.7 Å². The normalized spacial score (nSPS) is 16.9. The zero-order valence-electron chi connectivity index (χ0n) is 14.7. The molecule has 0 N–H and O–H groups in total. The molecule has 0 aromatic heterocycles. The highest BCUT2D eigenvalue weighted by Gasteiger charge is 2.29. The summed E-state index contributed by atoms with van der Waals surface area (Å²) in [5.41, 5.74) is -0.0511. The number of anilines is 1. The van der Waals surface area contributed by atoms with Gasteiger partial charge in [-0.05, 0) is 24.6 Å². The van der Waals surface area contributed by atoms with E-state index in [1.165, 1.54) is 12.1 Å². The van der Waals surface area contributed by atoms with Gasteiger partial charge in [-0.15, -0.1) is 0 Å². The number of carbonyl (C=O) groups excluding carboxylic acids is 1. The van der Waals surface area contributed by atoms with E-state index in [1.807, 2.05) is 30.6 Å². The van der Waals surface area contributed by atoms with Crippen LogP contribution >= 0.6 is 0 Å². The Morgan fingerprint density at radius 2 is 1.79 bits per heavy atom. The third-order valence-electron chi connectivity index (χ3n) is 4.11. The lowest BCUT2D eigenvalue weighted by Crippen LogP contribution is -2.41. The van der Waals surface area contributed by atoms with Crippen LogP contribution in [-0.4, -0.2) is 51.7 Å². The van der Waals surface area contributed by atoms with Crippen LogP contribution < -0.4 is 4.90 Å². The summed E-state index contributed by atoms with van der Waals surface area (Å²) in [7, 11) is -3.43. The molecule has 1 saturated heterocycles. The summed E-state index contributed by atoms with van der Waals surface area (Å²) in [6.07, 6.45) is 1.80. The Hall–Kier alpha value is -1.63. The minimum Gasteiger partial charge on any atom is -0.367 e. The highest BCUT2D eigenvalue weighted by atomic mass is 32.2. The van der Waals surface area contributed by atoms with Crippen LogP contribution in [0.3, 0.4) is 0 Å². The number of sulfone groups is 1. The first kappa shape index (κ1) is 18.7. The lowest BCUT2D eigenvalue weighted by molar-refractivity contribution is -0.139. The zero-order valence-corrected chi connectivity index (χ0v) is 15.5. The lowest BCUT2D eigenvalue weighted by Gasteiger charge is -2.28. The van der Waals surface area contributed by atoms with Crippen molar-refractivity contribution in [2.75, 3.05) is 37.3 Å². The molecular formula is C17H25FN2O3S. The van der Waals surface area contributed by atoms with Gasteiger partial charge in [-0.2, -0.15) is 0 Å². The maximum atomic E-state index is 14.4. The van der Waals surface area contributed by atoms with Gasteiger partial charge in [0.2, 0.25) is 5.91 Å². The summed E-state index contributed by atoms with van der Waals surface area (Å²) >= 11 is 0. The maximum absolute atomic E-state index is 14.4. The Bertz CT molecular complexity index is 726. The number of halogens is 1. The number of hydrogen-bond acceptors (Lipinski definition) is 4. The van der Waals surface area contributed by atoms with E-state index < -0.39 is 21.1 Å². The highest BCUT2D eigenvalue weighted by Crippen LogP contribution is 2.25. The Morgan fingerprint density at radius 3 is 2.33 bits per heavy atom. The molecule has 5 nitrogen and oxygen atoms in total. The molecule has 1 heterocycles. The first-order valence-electron chi connectivity index (χ1n) is 8.04. The molecule has 24 heavy (non-hydrogen) atoms. The van der Waals surface area contributed by atoms with Gasteiger partial charge >= 0.3 is 0 Å². The molecule has 0 bridgehead atoms. The first-order valence-corrected chi connectivity index (χ1v) is 9.93. The average Bonchev–Trinajstić information content (AvgIpc) is 2.70. The fourth-order valence-corrected chi connectivity index (χ4v) is 3.44. The second-order valence-electron chi connectivity index (χ2n) is 7.27. The lowest BCUT2D eigenvalue weighted by atomic mass is 9.94. The predicted octanol–water partition coefficient (Wildman–Crippen LogP) is 2.31. The van der Waals surface area contributed by atoms with E-state index in [0.717, 1.165) is 18.7 Å². The second kappa shape index (κ2) is 6.70. The van der Waals surface area contributed by atoms with Crippen molar-refractivity contribution < 1.29 is 17.6 Å². The number of rotatable bonds is 2. The van der Waals surface area contributed by atoms with Gasteiger partial charge in [-0.1, -0.05) is 20.8 Å². The van der Waals surface area contributed by atoms with Crippen LogP contribution in [0.1, 0.15) is 27.2 Å². The molecule has 2 rings (SSSR count). The van der Waals surface area contributed by atoms with Crippen molar-refractivity contribution >= 4 is 21.4 Å². The average molecular weight is 356 g/mol. The predicted molar refractivity (Wildman–Crippen MR) is 92.4 cm³/mol. The molecule has 1 aromatic carbocycles. The fourth-order valence-electron chi connectivity index (χ4n) is 2.81. The summed E-state index contributed by atoms with van der Waals surface area (Å²) in [5.74, 6) is -0.453. The van der Waals surface area contributed by atoms with Crippen LogP contribution in [0.15, 0.2) is 23.1 Å². The van der Waals surface area contributed by atoms with Gasteiger partial charge < -0.3 is 9.80 Å². The molecule has 0 unspecified atom stereocenters. The summed E-state index contributed by atoms with van der Waals surface area (Å²) in [6.45, 7) is 8.00. The standard InChI is InChI=1S/C17H25FN2O3S/c1-17(2,3)16(21)20-9-5-8-19(10-11-20)15-7-6-13(12-14(15)18)24(4,22)23/h6-7,12H,5,8-11H2,1-4H3. The van der Waals surface area contributed by atoms with Crippen molar-refractivity contribution in [3.8, 4) is 0 Å². The summed E-state index contributed by atoms with van der Waals surface area (Å²) in [6, 6.07) is 4.00. The van der Waals surface area contributed by atoms with Crippen LogP contribution in [0.5, 0.6) is 0 Å². The van der Waals surface area contributed by atoms with E-state index in [-0.39, 0.29) is 10.8 Å². The van der Waals surface area contributed by atoms with Crippen LogP contribution in [0.25, 0.3) is 0 Å². The zero-order chi connectivity index (χ0) is 18.1. The minimum absolute atomic E-state index is 0.0249. The fraction of sp³-hybridized carbons (Fsp3) is 0.588. The molecule has 1 amide bonds. The number of amides is 1. The van der Waals surface area contributed by atoms with E-state index >= 15 is 0 Å². The molecule has 0 radical (unpaired) electrons. The van der Waals surface area contributed by atoms with Crippen LogP contribution in [0.2, 0.25) is 0 Å². The van der Waals surface area contributed by atoms with Gasteiger partial charge in [0.05, 0.1) is 10.6 Å². The van der Waals surface area contributed by atoms with E-state index in [1.54, 1.807) is 0 Å². The SMILES string of the molecule is CC(C)(C)C(=O)N1CCCN(c2ccc(S(C)(=O)=O)cc2F)CC1. The Morgan fingerprint density at radius 1 is 1.12 bits per heavy atom. The Labute approximate surface area is 143 Å². The van der Waals surface area contributed by atoms with E-state index in [4.69, 9.17) is 0 Å². The molecule has 7 heteroatoms. The van der Waals surface area contributed by atoms with Crippen molar-refractivity contribution in [3.05, 3.63) is 24.0 Å². The summed E-state index contributed by atoms with van der Waals surface area (Å²) in [4.78, 5) is 16.1. The smallest absolute Gasteiger partial charge is 0.228 e. The minimum atomic E-state index is -3.43. The van der Waals surface area contributed by atoms with Gasteiger partial charge in [-0.25, -0.2) is 12.8 Å². The maximum Gasteiger partial charge on any atom is 0.228 e. The van der Waals surface area contributed by atoms with E-state index in [2.05, 4.69) is 0 Å². The molecule has 134 valence electrons. The molecule has 0 saturated carbocycles. The number of nitrogens with zero attached hydrogens (tertiary/aromatic N) is 2. The molecule has 0 spiro atoms. The summed E-state index contributed by atoms with van der Waals surface area (Å²) in [5, 5.41) is 0. The van der Waals surface area contributed by atoms with Crippen LogP contribution in [0.4, 0.5) is 10.1 Å². The highest BCUT2D eigenvalue weighted by molar-refractivity contribution is 7.90. The molecule has 0 atom stereocenters. The van der Waals surface area contributed by atoms with Crippen molar-refractivity contribution in [2.24, 2.45) is 5.41 Å². The van der Waals surface area contributed by atoms with Gasteiger partial charge in [-0.3, -0.25) is 4.79 Å². The molecule has 1 aliphatic rings. The number of carbonyl (C=O) groups is 1. The van der Waals surface area contributed by atoms with Crippen molar-refractivity contribution in [3.63, 3.8) is 0 Å². The number of hydrogen-bond donors (Lipinski definition) is 0. The number of benzene rings is 1. The van der Waals surface area contributed by atoms with Gasteiger partial charge in [0.25, 0.3) is 0 Å². The van der Waals surface area contributed by atoms with Crippen molar-refractivity contribution in [1.82, 2.24) is 4.90 Å². The van der Waals surface area contributed by atoms with E-state index in [0.29, 0.717) is 31.9 Å². The third-order valence-corrected chi connectivity index (χ3v) is 5.22. The molecule has 1 aliphatic heterocycles. The first-order chi connectivity index (χ1) is 11.0. The van der Waals surface area contributed by atoms with Crippen LogP contribution in [0, 0.1) is 11.2 Å². The molecule has 0 aliphatic carbocycles.